The molecule has 2 rings (SSSR count). The lowest BCUT2D eigenvalue weighted by Crippen LogP contribution is -2.34. The van der Waals surface area contributed by atoms with E-state index in [0.717, 1.165) is 5.69 Å². The van der Waals surface area contributed by atoms with Gasteiger partial charge in [0, 0.05) is 5.69 Å². The second-order valence-corrected chi connectivity index (χ2v) is 5.10. The van der Waals surface area contributed by atoms with Crippen molar-refractivity contribution < 1.29 is 0 Å². The van der Waals surface area contributed by atoms with Crippen molar-refractivity contribution >= 4 is 0 Å². The van der Waals surface area contributed by atoms with Crippen LogP contribution in [0, 0.1) is 6.92 Å². The summed E-state index contributed by atoms with van der Waals surface area (Å²) >= 11 is 0. The second-order valence-electron chi connectivity index (χ2n) is 5.10. The molecule has 1 aliphatic heterocycles. The Hall–Kier alpha value is -0.890. The number of rotatable bonds is 4. The predicted octanol–water partition coefficient (Wildman–Crippen LogP) is 3.72. The highest BCUT2D eigenvalue weighted by atomic mass is 15.2. The van der Waals surface area contributed by atoms with Crippen molar-refractivity contribution in [3.8, 4) is 0 Å². The highest BCUT2D eigenvalue weighted by molar-refractivity contribution is 5.14. The molecule has 2 nitrogen and oxygen atoms in total. The zero-order valence-corrected chi connectivity index (χ0v) is 11.2. The molecule has 1 saturated heterocycles. The third-order valence-corrected chi connectivity index (χ3v) is 3.66. The average Bonchev–Trinajstić information content (AvgIpc) is 2.37. The summed E-state index contributed by atoms with van der Waals surface area (Å²) in [6.07, 6.45) is 6.57. The first-order chi connectivity index (χ1) is 8.31. The fraction of sp³-hybridized carbons (Fsp3) is 0.667. The van der Waals surface area contributed by atoms with E-state index in [0.29, 0.717) is 6.04 Å². The normalized spacial score (nSPS) is 21.6. The number of hydrogen-bond donors (Lipinski definition) is 0. The lowest BCUT2D eigenvalue weighted by atomic mass is 9.98. The van der Waals surface area contributed by atoms with Crippen LogP contribution >= 0.6 is 0 Å². The molecule has 0 aliphatic carbocycles. The van der Waals surface area contributed by atoms with Gasteiger partial charge in [0.05, 0.1) is 11.7 Å². The van der Waals surface area contributed by atoms with Crippen molar-refractivity contribution in [1.29, 1.82) is 0 Å². The molecule has 0 aromatic carbocycles. The average molecular weight is 232 g/mol. The molecule has 1 aromatic heterocycles. The van der Waals surface area contributed by atoms with Crippen molar-refractivity contribution in [1.82, 2.24) is 9.88 Å². The van der Waals surface area contributed by atoms with E-state index in [1.54, 1.807) is 0 Å². The first kappa shape index (κ1) is 12.6. The van der Waals surface area contributed by atoms with Crippen molar-refractivity contribution in [2.24, 2.45) is 0 Å². The van der Waals surface area contributed by atoms with E-state index in [4.69, 9.17) is 4.98 Å². The zero-order chi connectivity index (χ0) is 12.1. The maximum atomic E-state index is 4.71. The Morgan fingerprint density at radius 3 is 3.00 bits per heavy atom. The van der Waals surface area contributed by atoms with Crippen LogP contribution in [-0.4, -0.2) is 23.0 Å². The van der Waals surface area contributed by atoms with Gasteiger partial charge in [-0.2, -0.15) is 0 Å². The van der Waals surface area contributed by atoms with Gasteiger partial charge in [0.15, 0.2) is 0 Å². The Bertz CT molecular complexity index is 349. The summed E-state index contributed by atoms with van der Waals surface area (Å²) in [5.74, 6) is 0. The Labute approximate surface area is 105 Å². The topological polar surface area (TPSA) is 16.1 Å². The molecule has 2 heterocycles. The number of hydrogen-bond acceptors (Lipinski definition) is 2. The second kappa shape index (κ2) is 6.15. The van der Waals surface area contributed by atoms with Gasteiger partial charge in [-0.05, 0) is 51.4 Å². The summed E-state index contributed by atoms with van der Waals surface area (Å²) in [4.78, 5) is 7.35. The fourth-order valence-electron chi connectivity index (χ4n) is 2.70. The van der Waals surface area contributed by atoms with Crippen LogP contribution in [0.2, 0.25) is 0 Å². The van der Waals surface area contributed by atoms with E-state index in [-0.39, 0.29) is 0 Å². The minimum absolute atomic E-state index is 0.565. The fourth-order valence-corrected chi connectivity index (χ4v) is 2.70. The van der Waals surface area contributed by atoms with Gasteiger partial charge in [-0.1, -0.05) is 25.8 Å². The van der Waals surface area contributed by atoms with E-state index in [9.17, 15) is 0 Å². The summed E-state index contributed by atoms with van der Waals surface area (Å²) in [6.45, 7) is 6.84. The van der Waals surface area contributed by atoms with Crippen LogP contribution in [0.4, 0.5) is 0 Å². The van der Waals surface area contributed by atoms with Crippen LogP contribution in [0.5, 0.6) is 0 Å². The first-order valence-corrected chi connectivity index (χ1v) is 6.99. The number of likely N-dealkylation sites (tertiary alicyclic amines) is 1. The number of nitrogens with zero attached hydrogens (tertiary/aromatic N) is 2. The molecule has 0 amide bonds. The molecule has 1 unspecified atom stereocenters. The Balaban J connectivity index is 2.10. The monoisotopic (exact) mass is 232 g/mol. The molecule has 1 atom stereocenters. The van der Waals surface area contributed by atoms with Crippen molar-refractivity contribution in [2.45, 2.75) is 52.0 Å². The van der Waals surface area contributed by atoms with Gasteiger partial charge in [-0.15, -0.1) is 0 Å². The number of unbranched alkanes of at least 4 members (excludes halogenated alkanes) is 1. The number of piperidine rings is 1. The molecule has 0 spiro atoms. The van der Waals surface area contributed by atoms with Gasteiger partial charge in [0.25, 0.3) is 0 Å². The van der Waals surface area contributed by atoms with Crippen LogP contribution in [-0.2, 0) is 0 Å². The maximum Gasteiger partial charge on any atom is 0.0578 e. The quantitative estimate of drug-likeness (QED) is 0.786. The third-order valence-electron chi connectivity index (χ3n) is 3.66. The molecule has 1 fully saturated rings. The molecule has 0 N–H and O–H groups in total. The SMILES string of the molecule is CCCCN1CCCCC1c1cccc(C)n1. The molecule has 1 aliphatic rings. The zero-order valence-electron chi connectivity index (χ0n) is 11.2. The Kier molecular flexibility index (Phi) is 4.55. The van der Waals surface area contributed by atoms with Crippen LogP contribution in [0.1, 0.15) is 56.5 Å². The smallest absolute Gasteiger partial charge is 0.0578 e. The van der Waals surface area contributed by atoms with Gasteiger partial charge in [-0.25, -0.2) is 0 Å². The molecule has 0 saturated carbocycles. The van der Waals surface area contributed by atoms with E-state index >= 15 is 0 Å². The minimum atomic E-state index is 0.565. The lowest BCUT2D eigenvalue weighted by Gasteiger charge is -2.35. The first-order valence-electron chi connectivity index (χ1n) is 6.99. The van der Waals surface area contributed by atoms with E-state index in [1.807, 2.05) is 0 Å². The number of pyridine rings is 1. The molecule has 1 aromatic rings. The van der Waals surface area contributed by atoms with Gasteiger partial charge in [0.1, 0.15) is 0 Å². The van der Waals surface area contributed by atoms with E-state index in [2.05, 4.69) is 36.9 Å². The van der Waals surface area contributed by atoms with Gasteiger partial charge in [-0.3, -0.25) is 9.88 Å². The lowest BCUT2D eigenvalue weighted by molar-refractivity contribution is 0.143. The third kappa shape index (κ3) is 3.29. The maximum absolute atomic E-state index is 4.71. The number of aromatic nitrogens is 1. The largest absolute Gasteiger partial charge is 0.295 e. The molecule has 94 valence electrons. The summed E-state index contributed by atoms with van der Waals surface area (Å²) in [5, 5.41) is 0. The molecule has 2 heteroatoms. The Morgan fingerprint density at radius 2 is 2.24 bits per heavy atom. The summed E-state index contributed by atoms with van der Waals surface area (Å²) in [6, 6.07) is 6.99. The molecular formula is C15H24N2. The highest BCUT2D eigenvalue weighted by Crippen LogP contribution is 2.29. The van der Waals surface area contributed by atoms with Crippen LogP contribution in [0.25, 0.3) is 0 Å². The minimum Gasteiger partial charge on any atom is -0.295 e. The molecular weight excluding hydrogens is 208 g/mol. The standard InChI is InChI=1S/C15H24N2/c1-3-4-11-17-12-6-5-10-15(17)14-9-7-8-13(2)16-14/h7-9,15H,3-6,10-12H2,1-2H3. The van der Waals surface area contributed by atoms with Gasteiger partial charge >= 0.3 is 0 Å². The van der Waals surface area contributed by atoms with Crippen molar-refractivity contribution in [3.05, 3.63) is 29.6 Å². The molecule has 0 bridgehead atoms. The van der Waals surface area contributed by atoms with Crippen LogP contribution in [0.15, 0.2) is 18.2 Å². The summed E-state index contributed by atoms with van der Waals surface area (Å²) in [7, 11) is 0. The van der Waals surface area contributed by atoms with Gasteiger partial charge in [0.2, 0.25) is 0 Å². The van der Waals surface area contributed by atoms with E-state index in [1.165, 1.54) is 50.9 Å². The summed E-state index contributed by atoms with van der Waals surface area (Å²) < 4.78 is 0. The molecule has 0 radical (unpaired) electrons. The van der Waals surface area contributed by atoms with E-state index < -0.39 is 0 Å². The van der Waals surface area contributed by atoms with Crippen molar-refractivity contribution in [2.75, 3.05) is 13.1 Å². The van der Waals surface area contributed by atoms with Gasteiger partial charge < -0.3 is 0 Å². The highest BCUT2D eigenvalue weighted by Gasteiger charge is 2.24. The summed E-state index contributed by atoms with van der Waals surface area (Å²) in [5.41, 5.74) is 2.42. The Morgan fingerprint density at radius 1 is 1.35 bits per heavy atom. The predicted molar refractivity (Wildman–Crippen MR) is 72.0 cm³/mol. The molecule has 17 heavy (non-hydrogen) atoms. The number of aryl methyl sites for hydroxylation is 1. The van der Waals surface area contributed by atoms with Crippen LogP contribution in [0.3, 0.4) is 0 Å². The van der Waals surface area contributed by atoms with Crippen molar-refractivity contribution in [3.63, 3.8) is 0 Å². The van der Waals surface area contributed by atoms with Crippen LogP contribution < -0.4 is 0 Å².